The summed E-state index contributed by atoms with van der Waals surface area (Å²) >= 11 is 0. The minimum Gasteiger partial charge on any atom is -0.488 e. The predicted octanol–water partition coefficient (Wildman–Crippen LogP) is 2.42. The second kappa shape index (κ2) is 7.54. The van der Waals surface area contributed by atoms with Gasteiger partial charge in [-0.15, -0.1) is 0 Å². The molecule has 10 nitrogen and oxygen atoms in total. The molecule has 4 aromatic rings. The van der Waals surface area contributed by atoms with E-state index in [0.29, 0.717) is 19.7 Å². The molecule has 1 fully saturated rings. The van der Waals surface area contributed by atoms with Crippen molar-refractivity contribution in [1.82, 2.24) is 24.4 Å². The first-order valence-electron chi connectivity index (χ1n) is 11.0. The number of rotatable bonds is 5. The van der Waals surface area contributed by atoms with Crippen molar-refractivity contribution >= 4 is 27.0 Å². The number of nitrogens with one attached hydrogen (secondary N) is 1. The molecule has 2 aliphatic heterocycles. The van der Waals surface area contributed by atoms with Crippen LogP contribution in [0.25, 0.3) is 22.2 Å². The lowest BCUT2D eigenvalue weighted by atomic mass is 10.0. The van der Waals surface area contributed by atoms with Gasteiger partial charge in [-0.1, -0.05) is 11.2 Å². The number of hydrogen-bond acceptors (Lipinski definition) is 8. The number of aryl methyl sites for hydroxylation is 2. The van der Waals surface area contributed by atoms with Crippen LogP contribution in [0.2, 0.25) is 0 Å². The molecule has 0 amide bonds. The highest BCUT2D eigenvalue weighted by atomic mass is 32.2. The number of nitrogens with zero attached hydrogens (tertiary/aromatic N) is 5. The van der Waals surface area contributed by atoms with Gasteiger partial charge in [0.05, 0.1) is 34.8 Å². The van der Waals surface area contributed by atoms with E-state index in [0.717, 1.165) is 51.0 Å². The Balaban J connectivity index is 1.51. The predicted molar refractivity (Wildman–Crippen MR) is 127 cm³/mol. The van der Waals surface area contributed by atoms with E-state index in [2.05, 4.69) is 24.3 Å². The van der Waals surface area contributed by atoms with Crippen molar-refractivity contribution < 1.29 is 17.7 Å². The second-order valence-corrected chi connectivity index (χ2v) is 10.6. The lowest BCUT2D eigenvalue weighted by Crippen LogP contribution is -2.60. The molecule has 1 N–H and O–H groups in total. The molecule has 5 heterocycles. The van der Waals surface area contributed by atoms with E-state index >= 15 is 0 Å². The molecule has 34 heavy (non-hydrogen) atoms. The molecule has 1 saturated heterocycles. The first kappa shape index (κ1) is 21.1. The van der Waals surface area contributed by atoms with Crippen molar-refractivity contribution in [2.24, 2.45) is 0 Å². The second-order valence-electron chi connectivity index (χ2n) is 8.86. The maximum atomic E-state index is 11.6. The molecule has 11 heteroatoms. The molecule has 0 aliphatic carbocycles. The zero-order valence-corrected chi connectivity index (χ0v) is 19.8. The minimum atomic E-state index is -3.27. The quantitative estimate of drug-likeness (QED) is 0.463. The Morgan fingerprint density at radius 3 is 2.65 bits per heavy atom. The summed E-state index contributed by atoms with van der Waals surface area (Å²) in [6, 6.07) is 9.49. The number of aromatic nitrogens is 4. The third-order valence-electron chi connectivity index (χ3n) is 6.36. The first-order valence-corrected chi connectivity index (χ1v) is 12.9. The van der Waals surface area contributed by atoms with Gasteiger partial charge in [-0.2, -0.15) is 0 Å². The van der Waals surface area contributed by atoms with Crippen LogP contribution in [0.5, 0.6) is 5.75 Å². The van der Waals surface area contributed by atoms with Gasteiger partial charge in [-0.25, -0.2) is 18.1 Å². The Labute approximate surface area is 196 Å². The monoisotopic (exact) mass is 480 g/mol. The van der Waals surface area contributed by atoms with Crippen molar-refractivity contribution in [3.05, 3.63) is 53.7 Å². The fraction of sp³-hybridized carbons (Fsp3) is 0.348. The van der Waals surface area contributed by atoms with Crippen LogP contribution in [0.1, 0.15) is 23.2 Å². The summed E-state index contributed by atoms with van der Waals surface area (Å²) < 4.78 is 39.9. The van der Waals surface area contributed by atoms with Crippen LogP contribution in [0.3, 0.4) is 0 Å². The third kappa shape index (κ3) is 3.34. The normalized spacial score (nSPS) is 18.2. The Kier molecular flexibility index (Phi) is 4.68. The van der Waals surface area contributed by atoms with Gasteiger partial charge in [0.25, 0.3) is 0 Å². The van der Waals surface area contributed by atoms with Crippen LogP contribution in [0.4, 0.5) is 5.95 Å². The number of sulfonamides is 1. The fourth-order valence-corrected chi connectivity index (χ4v) is 5.68. The lowest BCUT2D eigenvalue weighted by Gasteiger charge is -2.41. The van der Waals surface area contributed by atoms with Crippen LogP contribution >= 0.6 is 0 Å². The molecule has 0 unspecified atom stereocenters. The van der Waals surface area contributed by atoms with Gasteiger partial charge in [0.15, 0.2) is 5.75 Å². The van der Waals surface area contributed by atoms with Gasteiger partial charge in [0.1, 0.15) is 23.9 Å². The van der Waals surface area contributed by atoms with Crippen LogP contribution in [0.15, 0.2) is 41.1 Å². The van der Waals surface area contributed by atoms with Crippen molar-refractivity contribution in [1.29, 1.82) is 0 Å². The Bertz CT molecular complexity index is 1490. The van der Waals surface area contributed by atoms with Gasteiger partial charge < -0.3 is 14.2 Å². The number of anilines is 1. The van der Waals surface area contributed by atoms with E-state index in [4.69, 9.17) is 14.2 Å². The van der Waals surface area contributed by atoms with Gasteiger partial charge >= 0.3 is 0 Å². The number of pyridine rings is 1. The summed E-state index contributed by atoms with van der Waals surface area (Å²) in [6.45, 7) is 5.28. The first-order chi connectivity index (χ1) is 16.3. The van der Waals surface area contributed by atoms with Crippen molar-refractivity contribution in [2.75, 3.05) is 30.9 Å². The number of hydrogen-bond donors (Lipinski definition) is 1. The van der Waals surface area contributed by atoms with E-state index in [-0.39, 0.29) is 12.1 Å². The molecule has 0 spiro atoms. The molecular formula is C23H24N6O4S. The van der Waals surface area contributed by atoms with E-state index in [1.165, 1.54) is 6.26 Å². The number of ether oxygens (including phenoxy) is 1. The van der Waals surface area contributed by atoms with Gasteiger partial charge in [-0.05, 0) is 38.1 Å². The zero-order valence-electron chi connectivity index (χ0n) is 19.0. The van der Waals surface area contributed by atoms with E-state index in [1.807, 2.05) is 44.2 Å². The highest BCUT2D eigenvalue weighted by Gasteiger charge is 2.37. The van der Waals surface area contributed by atoms with Crippen LogP contribution < -0.4 is 14.4 Å². The molecule has 0 saturated carbocycles. The average Bonchev–Trinajstić information content (AvgIpc) is 3.32. The Hall–Kier alpha value is -3.44. The SMILES string of the molecule is Cc1noc(C)c1-c1ccc2nc(N3CC(NS(C)(=O)=O)C3)n3c2c1OC[C@@H]3c1ccccn1. The maximum Gasteiger partial charge on any atom is 0.209 e. The zero-order chi connectivity index (χ0) is 23.6. The highest BCUT2D eigenvalue weighted by molar-refractivity contribution is 7.88. The molecule has 2 aliphatic rings. The molecule has 6 rings (SSSR count). The van der Waals surface area contributed by atoms with Crippen molar-refractivity contribution in [3.63, 3.8) is 0 Å². The fourth-order valence-electron chi connectivity index (χ4n) is 4.92. The van der Waals surface area contributed by atoms with E-state index in [9.17, 15) is 8.42 Å². The van der Waals surface area contributed by atoms with Crippen LogP contribution in [-0.2, 0) is 10.0 Å². The number of imidazole rings is 1. The summed E-state index contributed by atoms with van der Waals surface area (Å²) in [4.78, 5) is 11.6. The summed E-state index contributed by atoms with van der Waals surface area (Å²) in [5.41, 5.74) is 5.20. The van der Waals surface area contributed by atoms with E-state index < -0.39 is 10.0 Å². The van der Waals surface area contributed by atoms with Crippen LogP contribution in [-0.4, -0.2) is 60.1 Å². The van der Waals surface area contributed by atoms with Crippen molar-refractivity contribution in [2.45, 2.75) is 25.9 Å². The third-order valence-corrected chi connectivity index (χ3v) is 7.12. The minimum absolute atomic E-state index is 0.145. The van der Waals surface area contributed by atoms with Crippen LogP contribution in [0, 0.1) is 13.8 Å². The average molecular weight is 481 g/mol. The molecule has 3 aromatic heterocycles. The van der Waals surface area contributed by atoms with E-state index in [1.54, 1.807) is 6.20 Å². The molecule has 176 valence electrons. The molecule has 1 atom stereocenters. The highest BCUT2D eigenvalue weighted by Crippen LogP contribution is 2.46. The lowest BCUT2D eigenvalue weighted by molar-refractivity contribution is 0.256. The van der Waals surface area contributed by atoms with Gasteiger partial charge in [0.2, 0.25) is 16.0 Å². The molecule has 0 radical (unpaired) electrons. The summed E-state index contributed by atoms with van der Waals surface area (Å²) in [5.74, 6) is 2.24. The molecular weight excluding hydrogens is 456 g/mol. The maximum absolute atomic E-state index is 11.6. The summed E-state index contributed by atoms with van der Waals surface area (Å²) in [7, 11) is -3.27. The Morgan fingerprint density at radius 2 is 1.97 bits per heavy atom. The standard InChI is InChI=1S/C23H24N6O4S/c1-13-20(14(2)33-26-13)16-7-8-18-21-22(16)32-12-19(17-6-4-5-9-24-17)29(21)23(25-18)28-10-15(11-28)27-34(3,30)31/h4-9,15,19,27H,10-12H2,1-3H3/t19-/m1/s1. The van der Waals surface area contributed by atoms with Gasteiger partial charge in [0, 0.05) is 24.8 Å². The Morgan fingerprint density at radius 1 is 1.15 bits per heavy atom. The summed E-state index contributed by atoms with van der Waals surface area (Å²) in [5, 5.41) is 4.12. The summed E-state index contributed by atoms with van der Waals surface area (Å²) in [6.07, 6.45) is 2.95. The largest absolute Gasteiger partial charge is 0.488 e. The topological polar surface area (TPSA) is 115 Å². The van der Waals surface area contributed by atoms with Gasteiger partial charge in [-0.3, -0.25) is 9.55 Å². The number of benzene rings is 1. The molecule has 0 bridgehead atoms. The van der Waals surface area contributed by atoms with Crippen molar-refractivity contribution in [3.8, 4) is 16.9 Å². The smallest absolute Gasteiger partial charge is 0.209 e. The molecule has 1 aromatic carbocycles.